The molecule has 0 bridgehead atoms. The van der Waals surface area contributed by atoms with Crippen molar-refractivity contribution < 1.29 is 0 Å². The van der Waals surface area contributed by atoms with Crippen LogP contribution in [-0.4, -0.2) is 11.5 Å². The predicted octanol–water partition coefficient (Wildman–Crippen LogP) is 1.65. The van der Waals surface area contributed by atoms with E-state index in [1.165, 1.54) is 0 Å². The van der Waals surface area contributed by atoms with Crippen LogP contribution in [-0.2, 0) is 0 Å². The monoisotopic (exact) mass is 135 g/mol. The molecule has 0 aliphatic rings. The number of rotatable bonds is 2. The second-order valence-corrected chi connectivity index (χ2v) is 2.12. The first kappa shape index (κ1) is 7.06. The summed E-state index contributed by atoms with van der Waals surface area (Å²) in [6, 6.07) is 3.94. The molecule has 1 aromatic heterocycles. The highest BCUT2D eigenvalue weighted by molar-refractivity contribution is 5.35. The lowest BCUT2D eigenvalue weighted by Crippen LogP contribution is -1.98. The zero-order valence-electron chi connectivity index (χ0n) is 6.33. The Hall–Kier alpha value is -1.05. The van der Waals surface area contributed by atoms with Crippen LogP contribution in [0.15, 0.2) is 18.3 Å². The molecule has 1 aromatic rings. The Morgan fingerprint density at radius 3 is 3.00 bits per heavy atom. The van der Waals surface area contributed by atoms with E-state index >= 15 is 0 Å². The van der Waals surface area contributed by atoms with Gasteiger partial charge < -0.3 is 0 Å². The minimum absolute atomic E-state index is 0.803. The van der Waals surface area contributed by atoms with Crippen molar-refractivity contribution in [3.05, 3.63) is 23.9 Å². The van der Waals surface area contributed by atoms with Crippen LogP contribution in [0.2, 0.25) is 0 Å². The molecule has 1 heterocycles. The summed E-state index contributed by atoms with van der Waals surface area (Å²) in [6.07, 6.45) is 1.77. The number of nitrogens with zero attached hydrogens (tertiary/aromatic N) is 2. The van der Waals surface area contributed by atoms with E-state index < -0.39 is 0 Å². The van der Waals surface area contributed by atoms with E-state index in [9.17, 15) is 0 Å². The molecule has 0 aromatic carbocycles. The minimum Gasteiger partial charge on any atom is -0.267 e. The second kappa shape index (κ2) is 3.20. The van der Waals surface area contributed by atoms with Gasteiger partial charge in [0.25, 0.3) is 0 Å². The van der Waals surface area contributed by atoms with Crippen LogP contribution in [0.5, 0.6) is 0 Å². The van der Waals surface area contributed by atoms with Gasteiger partial charge in [0.05, 0.1) is 0 Å². The van der Waals surface area contributed by atoms with Crippen LogP contribution in [0.3, 0.4) is 0 Å². The van der Waals surface area contributed by atoms with Gasteiger partial charge in [-0.15, -0.1) is 0 Å². The number of aromatic nitrogens is 1. The number of hydrogen-bond donors (Lipinski definition) is 0. The Bertz CT molecular complexity index is 208. The Balaban J connectivity index is 2.81. The number of aryl methyl sites for hydroxylation is 1. The largest absolute Gasteiger partial charge is 0.267 e. The van der Waals surface area contributed by atoms with E-state index in [0.717, 1.165) is 17.9 Å². The van der Waals surface area contributed by atoms with Gasteiger partial charge in [-0.2, -0.15) is 0 Å². The maximum atomic E-state index is 4.20. The quantitative estimate of drug-likeness (QED) is 0.605. The van der Waals surface area contributed by atoms with Crippen molar-refractivity contribution in [3.8, 4) is 0 Å². The summed E-state index contributed by atoms with van der Waals surface area (Å²) in [6.45, 7) is 4.83. The van der Waals surface area contributed by atoms with Crippen LogP contribution >= 0.6 is 0 Å². The van der Waals surface area contributed by atoms with Crippen molar-refractivity contribution in [3.63, 3.8) is 0 Å². The van der Waals surface area contributed by atoms with Crippen LogP contribution in [0.4, 0.5) is 5.82 Å². The molecule has 0 spiro atoms. The van der Waals surface area contributed by atoms with Crippen molar-refractivity contribution in [2.24, 2.45) is 0 Å². The average Bonchev–Trinajstić information content (AvgIpc) is 1.94. The zero-order valence-corrected chi connectivity index (χ0v) is 6.33. The molecular formula is C8H11N2. The molecule has 1 rings (SSSR count). The third kappa shape index (κ3) is 1.47. The number of hydrogen-bond acceptors (Lipinski definition) is 1. The second-order valence-electron chi connectivity index (χ2n) is 2.12. The highest BCUT2D eigenvalue weighted by Crippen LogP contribution is 2.07. The molecule has 2 nitrogen and oxygen atoms in total. The van der Waals surface area contributed by atoms with Crippen LogP contribution < -0.4 is 5.32 Å². The third-order valence-corrected chi connectivity index (χ3v) is 1.29. The Morgan fingerprint density at radius 2 is 2.40 bits per heavy atom. The van der Waals surface area contributed by atoms with E-state index in [1.54, 1.807) is 6.20 Å². The molecular weight excluding hydrogens is 124 g/mol. The Morgan fingerprint density at radius 1 is 1.60 bits per heavy atom. The normalized spacial score (nSPS) is 9.40. The summed E-state index contributed by atoms with van der Waals surface area (Å²) < 4.78 is 0. The van der Waals surface area contributed by atoms with Gasteiger partial charge in [-0.1, -0.05) is 6.07 Å². The van der Waals surface area contributed by atoms with Gasteiger partial charge in [0.2, 0.25) is 0 Å². The SMILES string of the molecule is CC[N]c1ncccc1C. The minimum atomic E-state index is 0.803. The van der Waals surface area contributed by atoms with E-state index in [1.807, 2.05) is 26.0 Å². The smallest absolute Gasteiger partial charge is 0.150 e. The topological polar surface area (TPSA) is 27.0 Å². The summed E-state index contributed by atoms with van der Waals surface area (Å²) in [4.78, 5) is 4.10. The fraction of sp³-hybridized carbons (Fsp3) is 0.375. The zero-order chi connectivity index (χ0) is 7.40. The predicted molar refractivity (Wildman–Crippen MR) is 41.3 cm³/mol. The van der Waals surface area contributed by atoms with Gasteiger partial charge in [0, 0.05) is 12.7 Å². The van der Waals surface area contributed by atoms with E-state index in [2.05, 4.69) is 10.3 Å². The molecule has 0 N–H and O–H groups in total. The summed E-state index contributed by atoms with van der Waals surface area (Å²) in [5, 5.41) is 4.20. The molecule has 0 aliphatic heterocycles. The van der Waals surface area contributed by atoms with Crippen molar-refractivity contribution in [1.82, 2.24) is 10.3 Å². The Labute approximate surface area is 61.3 Å². The molecule has 0 atom stereocenters. The highest BCUT2D eigenvalue weighted by atomic mass is 15.0. The van der Waals surface area contributed by atoms with E-state index in [0.29, 0.717) is 0 Å². The molecule has 53 valence electrons. The lowest BCUT2D eigenvalue weighted by atomic mass is 10.3. The van der Waals surface area contributed by atoms with Gasteiger partial charge in [-0.25, -0.2) is 4.98 Å². The van der Waals surface area contributed by atoms with Gasteiger partial charge in [-0.05, 0) is 25.5 Å². The lowest BCUT2D eigenvalue weighted by molar-refractivity contribution is 0.874. The number of pyridine rings is 1. The fourth-order valence-corrected chi connectivity index (χ4v) is 0.793. The first-order valence-electron chi connectivity index (χ1n) is 3.43. The highest BCUT2D eigenvalue weighted by Gasteiger charge is 1.94. The van der Waals surface area contributed by atoms with Crippen LogP contribution in [0.25, 0.3) is 0 Å². The van der Waals surface area contributed by atoms with Crippen molar-refractivity contribution >= 4 is 5.82 Å². The molecule has 0 saturated heterocycles. The molecule has 0 amide bonds. The van der Waals surface area contributed by atoms with Crippen LogP contribution in [0.1, 0.15) is 12.5 Å². The van der Waals surface area contributed by atoms with Crippen molar-refractivity contribution in [1.29, 1.82) is 0 Å². The Kier molecular flexibility index (Phi) is 2.26. The lowest BCUT2D eigenvalue weighted by Gasteiger charge is -2.00. The van der Waals surface area contributed by atoms with E-state index in [4.69, 9.17) is 0 Å². The van der Waals surface area contributed by atoms with Gasteiger partial charge in [0.1, 0.15) is 5.82 Å². The standard InChI is InChI=1S/C8H11N2/c1-3-9-8-7(2)5-4-6-10-8/h4-6H,3H2,1-2H3. The molecule has 2 heteroatoms. The van der Waals surface area contributed by atoms with Gasteiger partial charge in [0.15, 0.2) is 0 Å². The maximum Gasteiger partial charge on any atom is 0.150 e. The molecule has 1 radical (unpaired) electrons. The maximum absolute atomic E-state index is 4.20. The van der Waals surface area contributed by atoms with E-state index in [-0.39, 0.29) is 0 Å². The summed E-state index contributed by atoms with van der Waals surface area (Å²) in [5.41, 5.74) is 1.14. The third-order valence-electron chi connectivity index (χ3n) is 1.29. The summed E-state index contributed by atoms with van der Waals surface area (Å²) in [7, 11) is 0. The summed E-state index contributed by atoms with van der Waals surface area (Å²) >= 11 is 0. The first-order chi connectivity index (χ1) is 4.84. The van der Waals surface area contributed by atoms with Crippen LogP contribution in [0, 0.1) is 6.92 Å². The molecule has 0 fully saturated rings. The average molecular weight is 135 g/mol. The fourth-order valence-electron chi connectivity index (χ4n) is 0.793. The van der Waals surface area contributed by atoms with Gasteiger partial charge in [-0.3, -0.25) is 5.32 Å². The first-order valence-corrected chi connectivity index (χ1v) is 3.43. The molecule has 0 saturated carbocycles. The van der Waals surface area contributed by atoms with Gasteiger partial charge >= 0.3 is 0 Å². The summed E-state index contributed by atoms with van der Waals surface area (Å²) in [5.74, 6) is 0.866. The van der Waals surface area contributed by atoms with Crippen molar-refractivity contribution in [2.45, 2.75) is 13.8 Å². The molecule has 0 aliphatic carbocycles. The molecule has 10 heavy (non-hydrogen) atoms. The molecule has 0 unspecified atom stereocenters. The van der Waals surface area contributed by atoms with Crippen molar-refractivity contribution in [2.75, 3.05) is 6.54 Å².